The lowest BCUT2D eigenvalue weighted by molar-refractivity contribution is 0.0485. The van der Waals surface area contributed by atoms with E-state index in [1.165, 1.54) is 0 Å². The Balaban J connectivity index is 2.15. The number of unbranched alkanes of at least 4 members (excludes halogenated alkanes) is 1. The molecule has 1 unspecified atom stereocenters. The molecule has 0 fully saturated rings. The molecule has 2 aromatic carbocycles. The van der Waals surface area contributed by atoms with Gasteiger partial charge in [-0.05, 0) is 37.5 Å². The number of fused-ring (bicyclic) bond motifs is 1. The van der Waals surface area contributed by atoms with Crippen molar-refractivity contribution in [1.82, 2.24) is 4.90 Å². The number of nitrogens with zero attached hydrogens (tertiary/aromatic N) is 1. The van der Waals surface area contributed by atoms with E-state index < -0.39 is 5.66 Å². The molecule has 2 aromatic rings. The molecule has 0 radical (unpaired) electrons. The van der Waals surface area contributed by atoms with Gasteiger partial charge in [-0.1, -0.05) is 55.8 Å². The topological polar surface area (TPSA) is 32.3 Å². The first kappa shape index (κ1) is 15.6. The Labute approximate surface area is 138 Å². The summed E-state index contributed by atoms with van der Waals surface area (Å²) in [6.45, 7) is 4.92. The number of carbonyl (C=O) groups excluding carboxylic acids is 1. The molecule has 1 atom stereocenters. The monoisotopic (exact) mass is 308 g/mol. The summed E-state index contributed by atoms with van der Waals surface area (Å²) in [5, 5.41) is 3.70. The van der Waals surface area contributed by atoms with E-state index in [4.69, 9.17) is 0 Å². The van der Waals surface area contributed by atoms with Gasteiger partial charge in [0.15, 0.2) is 0 Å². The zero-order valence-corrected chi connectivity index (χ0v) is 13.9. The Kier molecular flexibility index (Phi) is 4.37. The normalized spacial score (nSPS) is 20.1. The van der Waals surface area contributed by atoms with Crippen molar-refractivity contribution < 1.29 is 4.79 Å². The van der Waals surface area contributed by atoms with Gasteiger partial charge in [0, 0.05) is 12.2 Å². The van der Waals surface area contributed by atoms with Crippen LogP contribution in [0.1, 0.15) is 49.0 Å². The number of hydrogen-bond acceptors (Lipinski definition) is 2. The second kappa shape index (κ2) is 6.45. The molecule has 1 amide bonds. The van der Waals surface area contributed by atoms with E-state index in [9.17, 15) is 4.79 Å². The highest BCUT2D eigenvalue weighted by Gasteiger charge is 2.44. The maximum absolute atomic E-state index is 13.1. The van der Waals surface area contributed by atoms with Crippen LogP contribution in [-0.2, 0) is 5.66 Å². The molecule has 1 aliphatic heterocycles. The van der Waals surface area contributed by atoms with Gasteiger partial charge >= 0.3 is 0 Å². The minimum Gasteiger partial charge on any atom is -0.358 e. The number of benzene rings is 2. The van der Waals surface area contributed by atoms with Crippen LogP contribution >= 0.6 is 0 Å². The lowest BCUT2D eigenvalue weighted by atomic mass is 9.87. The largest absolute Gasteiger partial charge is 0.358 e. The number of carbonyl (C=O) groups is 1. The summed E-state index contributed by atoms with van der Waals surface area (Å²) in [6, 6.07) is 18.2. The van der Waals surface area contributed by atoms with Gasteiger partial charge in [-0.2, -0.15) is 0 Å². The Morgan fingerprint density at radius 2 is 1.70 bits per heavy atom. The molecular weight excluding hydrogens is 284 g/mol. The maximum atomic E-state index is 13.1. The van der Waals surface area contributed by atoms with Crippen LogP contribution in [0, 0.1) is 0 Å². The van der Waals surface area contributed by atoms with Crippen molar-refractivity contribution in [3.05, 3.63) is 65.7 Å². The molecule has 1 heterocycles. The quantitative estimate of drug-likeness (QED) is 0.874. The van der Waals surface area contributed by atoms with E-state index in [2.05, 4.69) is 31.3 Å². The number of amides is 1. The third kappa shape index (κ3) is 2.61. The molecule has 1 aliphatic rings. The van der Waals surface area contributed by atoms with Gasteiger partial charge in [0.25, 0.3) is 5.91 Å². The molecule has 23 heavy (non-hydrogen) atoms. The lowest BCUT2D eigenvalue weighted by Crippen LogP contribution is -2.57. The van der Waals surface area contributed by atoms with Crippen LogP contribution in [0.3, 0.4) is 0 Å². The van der Waals surface area contributed by atoms with Crippen molar-refractivity contribution in [3.63, 3.8) is 0 Å². The fourth-order valence-electron chi connectivity index (χ4n) is 3.52. The van der Waals surface area contributed by atoms with Gasteiger partial charge in [0.05, 0.1) is 5.56 Å². The van der Waals surface area contributed by atoms with E-state index in [1.807, 2.05) is 47.4 Å². The summed E-state index contributed by atoms with van der Waals surface area (Å²) in [5.74, 6) is 0.113. The standard InChI is InChI=1S/C20H24N2O/c1-3-5-15-20(16-11-7-6-8-12-16)21-18-14-10-9-13-17(18)19(23)22(20)4-2/h6-14,21H,3-5,15H2,1-2H3. The molecule has 3 heteroatoms. The average molecular weight is 308 g/mol. The van der Waals surface area contributed by atoms with E-state index in [0.717, 1.165) is 36.1 Å². The summed E-state index contributed by atoms with van der Waals surface area (Å²) in [7, 11) is 0. The number of rotatable bonds is 5. The molecule has 0 bridgehead atoms. The first-order chi connectivity index (χ1) is 11.2. The molecule has 1 N–H and O–H groups in total. The Morgan fingerprint density at radius 1 is 1.00 bits per heavy atom. The third-order valence-electron chi connectivity index (χ3n) is 4.66. The predicted octanol–water partition coefficient (Wildman–Crippen LogP) is 4.62. The van der Waals surface area contributed by atoms with Crippen molar-refractivity contribution >= 4 is 11.6 Å². The number of para-hydroxylation sites is 1. The predicted molar refractivity (Wildman–Crippen MR) is 94.4 cm³/mol. The van der Waals surface area contributed by atoms with Gasteiger partial charge < -0.3 is 10.2 Å². The van der Waals surface area contributed by atoms with Gasteiger partial charge in [0.1, 0.15) is 5.66 Å². The molecule has 120 valence electrons. The van der Waals surface area contributed by atoms with Crippen molar-refractivity contribution in [2.24, 2.45) is 0 Å². The Hall–Kier alpha value is -2.29. The van der Waals surface area contributed by atoms with E-state index >= 15 is 0 Å². The van der Waals surface area contributed by atoms with Crippen LogP contribution in [-0.4, -0.2) is 17.4 Å². The maximum Gasteiger partial charge on any atom is 0.258 e. The van der Waals surface area contributed by atoms with E-state index in [-0.39, 0.29) is 5.91 Å². The second-order valence-corrected chi connectivity index (χ2v) is 6.05. The van der Waals surface area contributed by atoms with Crippen molar-refractivity contribution in [2.75, 3.05) is 11.9 Å². The Morgan fingerprint density at radius 3 is 2.39 bits per heavy atom. The SMILES string of the molecule is CCCCC1(c2ccccc2)Nc2ccccc2C(=O)N1CC. The van der Waals surface area contributed by atoms with E-state index in [0.29, 0.717) is 6.54 Å². The highest BCUT2D eigenvalue weighted by molar-refractivity contribution is 6.02. The molecule has 0 saturated carbocycles. The molecule has 3 rings (SSSR count). The molecule has 0 spiro atoms. The van der Waals surface area contributed by atoms with Crippen LogP contribution in [0.2, 0.25) is 0 Å². The van der Waals surface area contributed by atoms with Crippen LogP contribution in [0.25, 0.3) is 0 Å². The second-order valence-electron chi connectivity index (χ2n) is 6.05. The summed E-state index contributed by atoms with van der Waals surface area (Å²) < 4.78 is 0. The fraction of sp³-hybridized carbons (Fsp3) is 0.350. The van der Waals surface area contributed by atoms with Crippen molar-refractivity contribution in [1.29, 1.82) is 0 Å². The highest BCUT2D eigenvalue weighted by Crippen LogP contribution is 2.41. The van der Waals surface area contributed by atoms with Crippen LogP contribution < -0.4 is 5.32 Å². The molecule has 3 nitrogen and oxygen atoms in total. The van der Waals surface area contributed by atoms with Crippen LogP contribution in [0.15, 0.2) is 54.6 Å². The van der Waals surface area contributed by atoms with Gasteiger partial charge in [-0.3, -0.25) is 4.79 Å². The molecule has 0 aliphatic carbocycles. The number of nitrogens with one attached hydrogen (secondary N) is 1. The Bertz CT molecular complexity index is 683. The molecule has 0 saturated heterocycles. The molecular formula is C20H24N2O. The zero-order valence-electron chi connectivity index (χ0n) is 13.9. The minimum absolute atomic E-state index is 0.113. The van der Waals surface area contributed by atoms with Gasteiger partial charge in [-0.25, -0.2) is 0 Å². The highest BCUT2D eigenvalue weighted by atomic mass is 16.2. The third-order valence-corrected chi connectivity index (χ3v) is 4.66. The first-order valence-corrected chi connectivity index (χ1v) is 8.47. The summed E-state index contributed by atoms with van der Waals surface area (Å²) in [6.07, 6.45) is 3.07. The fourth-order valence-corrected chi connectivity index (χ4v) is 3.52. The van der Waals surface area contributed by atoms with Gasteiger partial charge in [-0.15, -0.1) is 0 Å². The van der Waals surface area contributed by atoms with Crippen LogP contribution in [0.4, 0.5) is 5.69 Å². The number of anilines is 1. The lowest BCUT2D eigenvalue weighted by Gasteiger charge is -2.49. The van der Waals surface area contributed by atoms with E-state index in [1.54, 1.807) is 0 Å². The smallest absolute Gasteiger partial charge is 0.258 e. The summed E-state index contributed by atoms with van der Waals surface area (Å²) >= 11 is 0. The summed E-state index contributed by atoms with van der Waals surface area (Å²) in [5.41, 5.74) is 2.38. The molecule has 0 aromatic heterocycles. The van der Waals surface area contributed by atoms with Crippen molar-refractivity contribution in [3.8, 4) is 0 Å². The zero-order chi connectivity index (χ0) is 16.3. The summed E-state index contributed by atoms with van der Waals surface area (Å²) in [4.78, 5) is 15.1. The minimum atomic E-state index is -0.461. The van der Waals surface area contributed by atoms with Crippen molar-refractivity contribution in [2.45, 2.75) is 38.8 Å². The number of hydrogen-bond donors (Lipinski definition) is 1. The van der Waals surface area contributed by atoms with Crippen LogP contribution in [0.5, 0.6) is 0 Å². The van der Waals surface area contributed by atoms with Gasteiger partial charge in [0.2, 0.25) is 0 Å². The first-order valence-electron chi connectivity index (χ1n) is 8.47. The average Bonchev–Trinajstić information content (AvgIpc) is 2.61.